The van der Waals surface area contributed by atoms with Crippen LogP contribution in [0.15, 0.2) is 21.9 Å². The molecule has 0 radical (unpaired) electrons. The Morgan fingerprint density at radius 3 is 2.72 bits per heavy atom. The second kappa shape index (κ2) is 6.46. The lowest BCUT2D eigenvalue weighted by Crippen LogP contribution is -2.49. The fraction of sp³-hybridized carbons (Fsp3) is 0.625. The van der Waals surface area contributed by atoms with Crippen LogP contribution in [0.3, 0.4) is 0 Å². The number of aromatic nitrogens is 2. The van der Waals surface area contributed by atoms with Crippen molar-refractivity contribution < 1.29 is 19.7 Å². The Bertz CT molecular complexity index is 820. The highest BCUT2D eigenvalue weighted by Gasteiger charge is 2.55. The van der Waals surface area contributed by atoms with E-state index in [1.54, 1.807) is 0 Å². The van der Waals surface area contributed by atoms with Crippen molar-refractivity contribution in [2.24, 2.45) is 11.8 Å². The second-order valence-corrected chi connectivity index (χ2v) is 6.67. The lowest BCUT2D eigenvalue weighted by molar-refractivity contribution is -0.154. The summed E-state index contributed by atoms with van der Waals surface area (Å²) < 4.78 is 6.12. The summed E-state index contributed by atoms with van der Waals surface area (Å²) in [6.07, 6.45) is 0.671. The molecule has 0 saturated heterocycles. The van der Waals surface area contributed by atoms with E-state index >= 15 is 0 Å². The van der Waals surface area contributed by atoms with Gasteiger partial charge in [0.1, 0.15) is 6.10 Å². The van der Waals surface area contributed by atoms with E-state index in [2.05, 4.69) is 0 Å². The van der Waals surface area contributed by atoms with Gasteiger partial charge < -0.3 is 14.9 Å². The number of hydrogen-bond donors (Lipinski definition) is 3. The molecule has 2 saturated carbocycles. The number of nitrogens with one attached hydrogen (secondary N) is 1. The zero-order chi connectivity index (χ0) is 18.2. The largest absolute Gasteiger partial charge is 0.465 e. The van der Waals surface area contributed by atoms with Crippen LogP contribution in [-0.4, -0.2) is 44.5 Å². The highest BCUT2D eigenvalue weighted by Crippen LogP contribution is 2.40. The van der Waals surface area contributed by atoms with E-state index in [0.717, 1.165) is 36.1 Å². The summed E-state index contributed by atoms with van der Waals surface area (Å²) in [5, 5.41) is 30.3. The molecule has 9 nitrogen and oxygen atoms in total. The number of nitriles is 1. The number of ether oxygens (including phenoxy) is 1. The number of esters is 1. The number of aromatic amines is 1. The van der Waals surface area contributed by atoms with Gasteiger partial charge in [-0.05, 0) is 19.3 Å². The first-order valence-electron chi connectivity index (χ1n) is 8.15. The number of nitrogens with zero attached hydrogens (tertiary/aromatic N) is 2. The summed E-state index contributed by atoms with van der Waals surface area (Å²) in [7, 11) is 0. The van der Waals surface area contributed by atoms with Gasteiger partial charge in [0.05, 0.1) is 24.7 Å². The molecule has 0 spiro atoms. The fourth-order valence-electron chi connectivity index (χ4n) is 3.43. The quantitative estimate of drug-likeness (QED) is 0.581. The van der Waals surface area contributed by atoms with E-state index in [9.17, 15) is 29.9 Å². The van der Waals surface area contributed by atoms with Crippen LogP contribution in [0.5, 0.6) is 0 Å². The number of carbonyl (C=O) groups excluding carboxylic acids is 1. The van der Waals surface area contributed by atoms with Crippen molar-refractivity contribution in [1.29, 1.82) is 5.26 Å². The molecule has 134 valence electrons. The number of hydrogen-bond acceptors (Lipinski definition) is 7. The van der Waals surface area contributed by atoms with Crippen LogP contribution in [0.2, 0.25) is 0 Å². The van der Waals surface area contributed by atoms with Gasteiger partial charge in [0.25, 0.3) is 5.56 Å². The summed E-state index contributed by atoms with van der Waals surface area (Å²) >= 11 is 0. The molecule has 25 heavy (non-hydrogen) atoms. The van der Waals surface area contributed by atoms with Gasteiger partial charge in [0.2, 0.25) is 0 Å². The third kappa shape index (κ3) is 2.88. The predicted octanol–water partition coefficient (Wildman–Crippen LogP) is -1.16. The molecular weight excluding hydrogens is 330 g/mol. The van der Waals surface area contributed by atoms with E-state index < -0.39 is 34.9 Å². The van der Waals surface area contributed by atoms with Gasteiger partial charge >= 0.3 is 11.7 Å². The van der Waals surface area contributed by atoms with Gasteiger partial charge in [-0.25, -0.2) is 4.79 Å². The van der Waals surface area contributed by atoms with E-state index in [0.29, 0.717) is 0 Å². The van der Waals surface area contributed by atoms with Crippen molar-refractivity contribution in [2.75, 3.05) is 6.61 Å². The maximum Gasteiger partial charge on any atom is 0.329 e. The SMILES string of the molecule is N#C[C@@]1(n2ccc(=O)[nH]c2=O)C[C@H](COC(=O)C2CCC2)C(O)C1O. The molecule has 1 heterocycles. The summed E-state index contributed by atoms with van der Waals surface area (Å²) in [6, 6.07) is 2.95. The molecule has 9 heteroatoms. The Kier molecular flexibility index (Phi) is 4.49. The summed E-state index contributed by atoms with van der Waals surface area (Å²) in [6.45, 7) is -0.144. The predicted molar refractivity (Wildman–Crippen MR) is 83.3 cm³/mol. The molecule has 2 fully saturated rings. The van der Waals surface area contributed by atoms with E-state index in [-0.39, 0.29) is 24.9 Å². The summed E-state index contributed by atoms with van der Waals surface area (Å²) in [5.74, 6) is -1.16. The molecule has 2 aliphatic carbocycles. The highest BCUT2D eigenvalue weighted by atomic mass is 16.5. The molecular formula is C16H19N3O6. The van der Waals surface area contributed by atoms with Crippen molar-refractivity contribution in [1.82, 2.24) is 9.55 Å². The number of aliphatic hydroxyl groups is 2. The highest BCUT2D eigenvalue weighted by molar-refractivity contribution is 5.73. The second-order valence-electron chi connectivity index (χ2n) is 6.67. The Labute approximate surface area is 142 Å². The van der Waals surface area contributed by atoms with Crippen molar-refractivity contribution in [3.63, 3.8) is 0 Å². The Balaban J connectivity index is 1.81. The van der Waals surface area contributed by atoms with Crippen LogP contribution in [0.25, 0.3) is 0 Å². The monoisotopic (exact) mass is 349 g/mol. The minimum absolute atomic E-state index is 0.0876. The Morgan fingerprint density at radius 1 is 1.44 bits per heavy atom. The molecule has 0 aromatic carbocycles. The Morgan fingerprint density at radius 2 is 2.16 bits per heavy atom. The molecule has 1 aromatic heterocycles. The molecule has 0 bridgehead atoms. The van der Waals surface area contributed by atoms with Crippen molar-refractivity contribution in [2.45, 2.75) is 43.4 Å². The van der Waals surface area contributed by atoms with E-state index in [1.165, 1.54) is 0 Å². The van der Waals surface area contributed by atoms with Crippen LogP contribution < -0.4 is 11.2 Å². The average molecular weight is 349 g/mol. The maximum atomic E-state index is 12.0. The normalized spacial score (nSPS) is 32.0. The first-order valence-corrected chi connectivity index (χ1v) is 8.15. The topological polar surface area (TPSA) is 145 Å². The molecule has 3 N–H and O–H groups in total. The van der Waals surface area contributed by atoms with Crippen LogP contribution in [0.4, 0.5) is 0 Å². The van der Waals surface area contributed by atoms with Gasteiger partial charge in [-0.2, -0.15) is 5.26 Å². The van der Waals surface area contributed by atoms with E-state index in [4.69, 9.17) is 4.74 Å². The van der Waals surface area contributed by atoms with Crippen molar-refractivity contribution in [3.05, 3.63) is 33.1 Å². The minimum atomic E-state index is -1.74. The molecule has 2 unspecified atom stereocenters. The fourth-order valence-corrected chi connectivity index (χ4v) is 3.43. The van der Waals surface area contributed by atoms with Gasteiger partial charge in [-0.1, -0.05) is 6.42 Å². The standard InChI is InChI=1S/C16H19N3O6/c17-8-16(19-5-4-11(20)18-15(19)24)6-10(12(21)13(16)22)7-25-14(23)9-2-1-3-9/h4-5,9-10,12-13,21-22H,1-3,6-7H2,(H,18,20,24)/t10-,12?,13?,16+/m1/s1. The van der Waals surface area contributed by atoms with Gasteiger partial charge in [0.15, 0.2) is 5.54 Å². The minimum Gasteiger partial charge on any atom is -0.465 e. The lowest BCUT2D eigenvalue weighted by Gasteiger charge is -2.27. The maximum absolute atomic E-state index is 12.0. The van der Waals surface area contributed by atoms with E-state index in [1.807, 2.05) is 11.1 Å². The molecule has 4 atom stereocenters. The summed E-state index contributed by atoms with van der Waals surface area (Å²) in [4.78, 5) is 37.1. The van der Waals surface area contributed by atoms with Crippen LogP contribution >= 0.6 is 0 Å². The zero-order valence-corrected chi connectivity index (χ0v) is 13.4. The van der Waals surface area contributed by atoms with Gasteiger partial charge in [0, 0.05) is 18.2 Å². The number of rotatable bonds is 4. The molecule has 3 rings (SSSR count). The third-order valence-electron chi connectivity index (χ3n) is 5.19. The number of aliphatic hydroxyl groups excluding tert-OH is 2. The average Bonchev–Trinajstić information content (AvgIpc) is 2.76. The number of H-pyrrole nitrogens is 1. The van der Waals surface area contributed by atoms with Gasteiger partial charge in [-0.15, -0.1) is 0 Å². The first kappa shape index (κ1) is 17.4. The Hall–Kier alpha value is -2.44. The summed E-state index contributed by atoms with van der Waals surface area (Å²) in [5.41, 5.74) is -3.23. The van der Waals surface area contributed by atoms with Gasteiger partial charge in [-0.3, -0.25) is 19.1 Å². The molecule has 1 aromatic rings. The molecule has 2 aliphatic rings. The van der Waals surface area contributed by atoms with Crippen molar-refractivity contribution in [3.8, 4) is 6.07 Å². The van der Waals surface area contributed by atoms with Crippen LogP contribution in [-0.2, 0) is 15.1 Å². The zero-order valence-electron chi connectivity index (χ0n) is 13.4. The smallest absolute Gasteiger partial charge is 0.329 e. The van der Waals surface area contributed by atoms with Crippen LogP contribution in [0, 0.1) is 23.2 Å². The lowest BCUT2D eigenvalue weighted by atomic mass is 9.86. The van der Waals surface area contributed by atoms with Crippen LogP contribution in [0.1, 0.15) is 25.7 Å². The van der Waals surface area contributed by atoms with Crippen molar-refractivity contribution >= 4 is 5.97 Å². The third-order valence-corrected chi connectivity index (χ3v) is 5.19. The molecule has 0 amide bonds. The molecule has 0 aliphatic heterocycles. The number of carbonyl (C=O) groups is 1. The first-order chi connectivity index (χ1) is 11.9.